The van der Waals surface area contributed by atoms with Crippen LogP contribution in [0.3, 0.4) is 0 Å². The smallest absolute Gasteiger partial charge is 0.0181 e. The Balaban J connectivity index is -0.000000142. The van der Waals surface area contributed by atoms with Crippen molar-refractivity contribution in [2.24, 2.45) is 5.92 Å². The van der Waals surface area contributed by atoms with Crippen molar-refractivity contribution in [2.45, 2.75) is 53.7 Å². The van der Waals surface area contributed by atoms with Gasteiger partial charge in [-0.2, -0.15) is 23.5 Å². The Morgan fingerprint density at radius 2 is 1.22 bits per heavy atom. The molecule has 0 spiro atoms. The van der Waals surface area contributed by atoms with Gasteiger partial charge in [-0.25, -0.2) is 0 Å². The summed E-state index contributed by atoms with van der Waals surface area (Å²) < 4.78 is 0. The Hall–Kier alpha value is -0.510. The van der Waals surface area contributed by atoms with Crippen molar-refractivity contribution in [3.63, 3.8) is 0 Å². The minimum absolute atomic E-state index is 0. The summed E-state index contributed by atoms with van der Waals surface area (Å²) >= 11 is 5.64. The van der Waals surface area contributed by atoms with Crippen molar-refractivity contribution in [1.82, 2.24) is 0 Å². The molecule has 0 saturated carbocycles. The lowest BCUT2D eigenvalue weighted by molar-refractivity contribution is 0.751. The molecule has 0 unspecified atom stereocenters. The van der Waals surface area contributed by atoms with Crippen LogP contribution in [0.2, 0.25) is 0 Å². The second-order valence-electron chi connectivity index (χ2n) is 5.51. The number of thioether (sulfide) groups is 3. The maximum atomic E-state index is 2.23. The van der Waals surface area contributed by atoms with Crippen LogP contribution in [0, 0.1) is 5.92 Å². The molecular weight excluding hydrogens is 384 g/mol. The second kappa shape index (κ2) is 25.5. The van der Waals surface area contributed by atoms with Gasteiger partial charge in [-0.1, -0.05) is 91.6 Å². The minimum atomic E-state index is 0. The standard InChI is InChI=1S/2C8H10S.C5H12S.3CH4/c1-9-7-8-5-3-2-4-6-8;1-2-9-8-6-4-3-5-7-8;1-5(2)4-6-3;;;/h2-6H,7H2,1H3;3-7H,2H2,1H3;5H,4H2,1-3H3;3*1H4. The summed E-state index contributed by atoms with van der Waals surface area (Å²) in [6.07, 6.45) is 4.26. The van der Waals surface area contributed by atoms with E-state index in [1.807, 2.05) is 47.4 Å². The van der Waals surface area contributed by atoms with Gasteiger partial charge in [0.2, 0.25) is 0 Å². The predicted molar refractivity (Wildman–Crippen MR) is 140 cm³/mol. The van der Waals surface area contributed by atoms with Gasteiger partial charge >= 0.3 is 0 Å². The molecule has 0 amide bonds. The Kier molecular flexibility index (Phi) is 32.1. The molecule has 0 aliphatic rings. The van der Waals surface area contributed by atoms with Crippen LogP contribution in [-0.2, 0) is 5.75 Å². The number of benzene rings is 2. The van der Waals surface area contributed by atoms with Crippen LogP contribution in [0.5, 0.6) is 0 Å². The first-order valence-corrected chi connectivity index (χ1v) is 12.1. The van der Waals surface area contributed by atoms with Gasteiger partial charge in [0.1, 0.15) is 0 Å². The molecule has 0 nitrogen and oxygen atoms in total. The van der Waals surface area contributed by atoms with Crippen LogP contribution in [0.15, 0.2) is 65.6 Å². The van der Waals surface area contributed by atoms with E-state index in [-0.39, 0.29) is 22.3 Å². The molecule has 2 rings (SSSR count). The van der Waals surface area contributed by atoms with E-state index in [0.29, 0.717) is 0 Å². The van der Waals surface area contributed by atoms with E-state index in [9.17, 15) is 0 Å². The lowest BCUT2D eigenvalue weighted by Gasteiger charge is -1.95. The molecule has 2 aromatic rings. The largest absolute Gasteiger partial charge is 0.165 e. The zero-order chi connectivity index (χ0) is 18.0. The Labute approximate surface area is 184 Å². The zero-order valence-corrected chi connectivity index (χ0v) is 18.1. The van der Waals surface area contributed by atoms with Gasteiger partial charge < -0.3 is 0 Å². The lowest BCUT2D eigenvalue weighted by Crippen LogP contribution is -1.87. The fraction of sp³-hybridized carbons (Fsp3) is 0.500. The molecule has 158 valence electrons. The average molecular weight is 429 g/mol. The van der Waals surface area contributed by atoms with Crippen molar-refractivity contribution in [3.05, 3.63) is 66.2 Å². The summed E-state index contributed by atoms with van der Waals surface area (Å²) in [5.41, 5.74) is 1.41. The van der Waals surface area contributed by atoms with E-state index in [1.54, 1.807) is 0 Å². The Morgan fingerprint density at radius 1 is 0.741 bits per heavy atom. The molecule has 0 aliphatic carbocycles. The van der Waals surface area contributed by atoms with Gasteiger partial charge in [0.05, 0.1) is 0 Å². The van der Waals surface area contributed by atoms with Crippen LogP contribution in [0.25, 0.3) is 0 Å². The third-order valence-corrected chi connectivity index (χ3v) is 5.22. The maximum Gasteiger partial charge on any atom is 0.0181 e. The van der Waals surface area contributed by atoms with Crippen LogP contribution in [0.4, 0.5) is 0 Å². The molecular formula is C24H44S3. The van der Waals surface area contributed by atoms with Crippen molar-refractivity contribution in [1.29, 1.82) is 0 Å². The van der Waals surface area contributed by atoms with Crippen LogP contribution < -0.4 is 0 Å². The molecule has 3 heteroatoms. The van der Waals surface area contributed by atoms with Gasteiger partial charge in [0.25, 0.3) is 0 Å². The molecule has 0 bridgehead atoms. The van der Waals surface area contributed by atoms with Crippen LogP contribution in [-0.4, -0.2) is 24.0 Å². The van der Waals surface area contributed by atoms with Crippen molar-refractivity contribution in [3.8, 4) is 0 Å². The first kappa shape index (κ1) is 34.0. The summed E-state index contributed by atoms with van der Waals surface area (Å²) in [5.74, 6) is 4.44. The summed E-state index contributed by atoms with van der Waals surface area (Å²) in [6.45, 7) is 6.63. The van der Waals surface area contributed by atoms with Crippen LogP contribution >= 0.6 is 35.3 Å². The van der Waals surface area contributed by atoms with Crippen molar-refractivity contribution in [2.75, 3.05) is 24.0 Å². The first-order valence-electron chi connectivity index (χ1n) is 8.33. The highest BCUT2D eigenvalue weighted by atomic mass is 32.2. The molecule has 0 radical (unpaired) electrons. The van der Waals surface area contributed by atoms with E-state index >= 15 is 0 Å². The van der Waals surface area contributed by atoms with E-state index in [2.05, 4.69) is 81.8 Å². The molecule has 0 heterocycles. The number of rotatable bonds is 6. The van der Waals surface area contributed by atoms with E-state index in [1.165, 1.54) is 16.2 Å². The summed E-state index contributed by atoms with van der Waals surface area (Å²) in [7, 11) is 0. The van der Waals surface area contributed by atoms with E-state index in [0.717, 1.165) is 17.4 Å². The van der Waals surface area contributed by atoms with Gasteiger partial charge in [-0.05, 0) is 47.6 Å². The average Bonchev–Trinajstić information content (AvgIpc) is 2.58. The topological polar surface area (TPSA) is 0 Å². The van der Waals surface area contributed by atoms with E-state index in [4.69, 9.17) is 0 Å². The summed E-state index contributed by atoms with van der Waals surface area (Å²) in [6, 6.07) is 20.9. The molecule has 0 aliphatic heterocycles. The lowest BCUT2D eigenvalue weighted by atomic mass is 10.2. The third kappa shape index (κ3) is 23.5. The maximum absolute atomic E-state index is 2.23. The highest BCUT2D eigenvalue weighted by molar-refractivity contribution is 7.99. The predicted octanol–water partition coefficient (Wildman–Crippen LogP) is 9.26. The Morgan fingerprint density at radius 3 is 1.56 bits per heavy atom. The van der Waals surface area contributed by atoms with Gasteiger partial charge in [-0.15, -0.1) is 11.8 Å². The molecule has 27 heavy (non-hydrogen) atoms. The van der Waals surface area contributed by atoms with Gasteiger partial charge in [-0.3, -0.25) is 0 Å². The van der Waals surface area contributed by atoms with Gasteiger partial charge in [0.15, 0.2) is 0 Å². The molecule has 0 N–H and O–H groups in total. The summed E-state index contributed by atoms with van der Waals surface area (Å²) in [4.78, 5) is 1.36. The Bertz CT molecular complexity index is 428. The number of hydrogen-bond acceptors (Lipinski definition) is 3. The first-order chi connectivity index (χ1) is 11.6. The van der Waals surface area contributed by atoms with E-state index < -0.39 is 0 Å². The summed E-state index contributed by atoms with van der Waals surface area (Å²) in [5, 5.41) is 0. The van der Waals surface area contributed by atoms with Crippen molar-refractivity contribution < 1.29 is 0 Å². The molecule has 0 saturated heterocycles. The highest BCUT2D eigenvalue weighted by Crippen LogP contribution is 2.15. The molecule has 0 aromatic heterocycles. The molecule has 0 atom stereocenters. The second-order valence-corrected chi connectivity index (χ2v) is 8.63. The fourth-order valence-electron chi connectivity index (χ4n) is 1.76. The monoisotopic (exact) mass is 428 g/mol. The zero-order valence-electron chi connectivity index (χ0n) is 15.7. The minimum Gasteiger partial charge on any atom is -0.165 e. The van der Waals surface area contributed by atoms with Crippen LogP contribution in [0.1, 0.15) is 48.6 Å². The van der Waals surface area contributed by atoms with Crippen molar-refractivity contribution >= 4 is 35.3 Å². The highest BCUT2D eigenvalue weighted by Gasteiger charge is 1.86. The normalized spacial score (nSPS) is 8.52. The number of hydrogen-bond donors (Lipinski definition) is 0. The molecule has 2 aromatic carbocycles. The molecule has 0 fully saturated rings. The van der Waals surface area contributed by atoms with Gasteiger partial charge in [0, 0.05) is 10.6 Å². The SMILES string of the molecule is C.C.C.CCSc1ccccc1.CSCC(C)C.CSCc1ccccc1. The third-order valence-electron chi connectivity index (χ3n) is 2.71. The quantitative estimate of drug-likeness (QED) is 0.421. The fourth-order valence-corrected chi connectivity index (χ4v) is 3.63.